The van der Waals surface area contributed by atoms with Gasteiger partial charge in [0, 0.05) is 55.2 Å². The molecule has 1 aliphatic rings. The highest BCUT2D eigenvalue weighted by Gasteiger charge is 2.27. The molecule has 3 aromatic rings. The summed E-state index contributed by atoms with van der Waals surface area (Å²) in [6.45, 7) is 4.08. The van der Waals surface area contributed by atoms with Crippen molar-refractivity contribution >= 4 is 21.4 Å². The smallest absolute Gasteiger partial charge is 0.127 e. The van der Waals surface area contributed by atoms with Gasteiger partial charge in [-0.25, -0.2) is 4.98 Å². The van der Waals surface area contributed by atoms with Gasteiger partial charge in [-0.15, -0.1) is 11.3 Å². The van der Waals surface area contributed by atoms with Gasteiger partial charge in [-0.1, -0.05) is 18.2 Å². The van der Waals surface area contributed by atoms with Crippen molar-refractivity contribution in [2.24, 2.45) is 7.05 Å². The van der Waals surface area contributed by atoms with E-state index >= 15 is 0 Å². The Labute approximate surface area is 134 Å². The van der Waals surface area contributed by atoms with Crippen LogP contribution in [0.4, 0.5) is 0 Å². The van der Waals surface area contributed by atoms with Gasteiger partial charge in [-0.2, -0.15) is 0 Å². The SMILES string of the molecule is Cn1ccnc1C1CNCCN1Cc1cc2ccccc2s1. The Kier molecular flexibility index (Phi) is 3.70. The summed E-state index contributed by atoms with van der Waals surface area (Å²) in [5, 5.41) is 4.85. The van der Waals surface area contributed by atoms with Crippen molar-refractivity contribution < 1.29 is 0 Å². The topological polar surface area (TPSA) is 33.1 Å². The van der Waals surface area contributed by atoms with E-state index in [1.807, 2.05) is 23.7 Å². The molecule has 0 bridgehead atoms. The van der Waals surface area contributed by atoms with E-state index in [0.717, 1.165) is 32.0 Å². The third-order valence-electron chi connectivity index (χ3n) is 4.35. The number of benzene rings is 1. The first-order valence-electron chi connectivity index (χ1n) is 7.71. The number of aromatic nitrogens is 2. The second-order valence-electron chi connectivity index (χ2n) is 5.84. The fraction of sp³-hybridized carbons (Fsp3) is 0.353. The summed E-state index contributed by atoms with van der Waals surface area (Å²) in [5.41, 5.74) is 0. The zero-order chi connectivity index (χ0) is 14.9. The first kappa shape index (κ1) is 13.9. The Bertz CT molecular complexity index is 743. The van der Waals surface area contributed by atoms with Crippen LogP contribution in [0.3, 0.4) is 0 Å². The molecule has 1 fully saturated rings. The van der Waals surface area contributed by atoms with Crippen LogP contribution in [0.15, 0.2) is 42.7 Å². The number of fused-ring (bicyclic) bond motifs is 1. The molecule has 1 N–H and O–H groups in total. The summed E-state index contributed by atoms with van der Waals surface area (Å²) in [7, 11) is 2.08. The standard InChI is InChI=1S/C17H20N4S/c1-20-8-7-19-17(20)15-11-18-6-9-21(15)12-14-10-13-4-2-3-5-16(13)22-14/h2-5,7-8,10,15,18H,6,9,11-12H2,1H3. The third kappa shape index (κ3) is 2.56. The molecular formula is C17H20N4S. The fourth-order valence-electron chi connectivity index (χ4n) is 3.20. The normalized spacial score (nSPS) is 19.8. The molecule has 114 valence electrons. The second-order valence-corrected chi connectivity index (χ2v) is 7.01. The van der Waals surface area contributed by atoms with E-state index < -0.39 is 0 Å². The van der Waals surface area contributed by atoms with Crippen LogP contribution >= 0.6 is 11.3 Å². The van der Waals surface area contributed by atoms with Crippen molar-refractivity contribution in [2.75, 3.05) is 19.6 Å². The fourth-order valence-corrected chi connectivity index (χ4v) is 4.29. The van der Waals surface area contributed by atoms with Crippen LogP contribution in [0.1, 0.15) is 16.7 Å². The Hall–Kier alpha value is -1.69. The molecule has 4 nitrogen and oxygen atoms in total. The molecule has 2 aromatic heterocycles. The van der Waals surface area contributed by atoms with Crippen LogP contribution < -0.4 is 5.32 Å². The van der Waals surface area contributed by atoms with Crippen molar-refractivity contribution in [3.63, 3.8) is 0 Å². The molecule has 0 radical (unpaired) electrons. The molecule has 1 aliphatic heterocycles. The minimum Gasteiger partial charge on any atom is -0.337 e. The Balaban J connectivity index is 1.60. The number of nitrogens with one attached hydrogen (secondary N) is 1. The zero-order valence-corrected chi connectivity index (χ0v) is 13.5. The Morgan fingerprint density at radius 3 is 3.09 bits per heavy atom. The average molecular weight is 312 g/mol. The summed E-state index contributed by atoms with van der Waals surface area (Å²) in [5.74, 6) is 1.15. The molecule has 1 unspecified atom stereocenters. The maximum Gasteiger partial charge on any atom is 0.127 e. The van der Waals surface area contributed by atoms with E-state index in [-0.39, 0.29) is 0 Å². The maximum atomic E-state index is 4.56. The summed E-state index contributed by atoms with van der Waals surface area (Å²) in [4.78, 5) is 8.54. The highest BCUT2D eigenvalue weighted by atomic mass is 32.1. The van der Waals surface area contributed by atoms with Crippen molar-refractivity contribution in [3.05, 3.63) is 53.4 Å². The van der Waals surface area contributed by atoms with Gasteiger partial charge in [0.1, 0.15) is 5.82 Å². The van der Waals surface area contributed by atoms with Gasteiger partial charge in [-0.05, 0) is 17.5 Å². The molecule has 1 saturated heterocycles. The van der Waals surface area contributed by atoms with Crippen molar-refractivity contribution in [2.45, 2.75) is 12.6 Å². The number of piperazine rings is 1. The van der Waals surface area contributed by atoms with Gasteiger partial charge in [-0.3, -0.25) is 4.90 Å². The first-order chi connectivity index (χ1) is 10.8. The second kappa shape index (κ2) is 5.83. The minimum atomic E-state index is 0.346. The number of nitrogens with zero attached hydrogens (tertiary/aromatic N) is 3. The molecule has 1 atom stereocenters. The van der Waals surface area contributed by atoms with Gasteiger partial charge < -0.3 is 9.88 Å². The van der Waals surface area contributed by atoms with Crippen molar-refractivity contribution in [1.82, 2.24) is 19.8 Å². The molecule has 5 heteroatoms. The summed E-state index contributed by atoms with van der Waals surface area (Å²) in [6, 6.07) is 11.3. The van der Waals surface area contributed by atoms with Gasteiger partial charge in [0.25, 0.3) is 0 Å². The minimum absolute atomic E-state index is 0.346. The van der Waals surface area contributed by atoms with E-state index in [1.165, 1.54) is 15.0 Å². The predicted molar refractivity (Wildman–Crippen MR) is 91.1 cm³/mol. The van der Waals surface area contributed by atoms with Crippen LogP contribution in [0.2, 0.25) is 0 Å². The highest BCUT2D eigenvalue weighted by Crippen LogP contribution is 2.29. The van der Waals surface area contributed by atoms with Crippen molar-refractivity contribution in [1.29, 1.82) is 0 Å². The molecule has 0 aliphatic carbocycles. The number of hydrogen-bond acceptors (Lipinski definition) is 4. The lowest BCUT2D eigenvalue weighted by molar-refractivity contribution is 0.146. The van der Waals surface area contributed by atoms with Gasteiger partial charge in [0.15, 0.2) is 0 Å². The third-order valence-corrected chi connectivity index (χ3v) is 5.45. The first-order valence-corrected chi connectivity index (χ1v) is 8.52. The zero-order valence-electron chi connectivity index (χ0n) is 12.7. The molecule has 22 heavy (non-hydrogen) atoms. The number of aryl methyl sites for hydroxylation is 1. The molecule has 1 aromatic carbocycles. The monoisotopic (exact) mass is 312 g/mol. The van der Waals surface area contributed by atoms with Crippen LogP contribution in [-0.4, -0.2) is 34.1 Å². The summed E-state index contributed by atoms with van der Waals surface area (Å²) >= 11 is 1.91. The predicted octanol–water partition coefficient (Wildman–Crippen LogP) is 2.78. The number of thiophene rings is 1. The molecule has 0 spiro atoms. The quantitative estimate of drug-likeness (QED) is 0.807. The average Bonchev–Trinajstić information content (AvgIpc) is 3.13. The van der Waals surface area contributed by atoms with Crippen molar-refractivity contribution in [3.8, 4) is 0 Å². The molecule has 4 rings (SSSR count). The van der Waals surface area contributed by atoms with Crippen LogP contribution in [0.25, 0.3) is 10.1 Å². The van der Waals surface area contributed by atoms with Gasteiger partial charge in [0.05, 0.1) is 6.04 Å². The molecule has 3 heterocycles. The highest BCUT2D eigenvalue weighted by molar-refractivity contribution is 7.19. The van der Waals surface area contributed by atoms with E-state index in [2.05, 4.69) is 57.1 Å². The Morgan fingerprint density at radius 1 is 1.36 bits per heavy atom. The van der Waals surface area contributed by atoms with E-state index in [9.17, 15) is 0 Å². The number of hydrogen-bond donors (Lipinski definition) is 1. The summed E-state index contributed by atoms with van der Waals surface area (Å²) < 4.78 is 3.51. The molecular weight excluding hydrogens is 292 g/mol. The van der Waals surface area contributed by atoms with E-state index in [4.69, 9.17) is 0 Å². The van der Waals surface area contributed by atoms with Gasteiger partial charge in [0.2, 0.25) is 0 Å². The largest absolute Gasteiger partial charge is 0.337 e. The van der Waals surface area contributed by atoms with Gasteiger partial charge >= 0.3 is 0 Å². The summed E-state index contributed by atoms with van der Waals surface area (Å²) in [6.07, 6.45) is 3.92. The van der Waals surface area contributed by atoms with Crippen LogP contribution in [0, 0.1) is 0 Å². The molecule has 0 amide bonds. The lowest BCUT2D eigenvalue weighted by Gasteiger charge is -2.35. The van der Waals surface area contributed by atoms with Crippen LogP contribution in [0.5, 0.6) is 0 Å². The maximum absolute atomic E-state index is 4.56. The van der Waals surface area contributed by atoms with E-state index in [0.29, 0.717) is 6.04 Å². The van der Waals surface area contributed by atoms with Crippen LogP contribution in [-0.2, 0) is 13.6 Å². The Morgan fingerprint density at radius 2 is 2.27 bits per heavy atom. The lowest BCUT2D eigenvalue weighted by atomic mass is 10.1. The lowest BCUT2D eigenvalue weighted by Crippen LogP contribution is -2.46. The number of imidazole rings is 1. The number of rotatable bonds is 3. The molecule has 0 saturated carbocycles. The van der Waals surface area contributed by atoms with E-state index in [1.54, 1.807) is 0 Å².